The summed E-state index contributed by atoms with van der Waals surface area (Å²) in [5.41, 5.74) is 3.05. The summed E-state index contributed by atoms with van der Waals surface area (Å²) in [6, 6.07) is 16.4. The van der Waals surface area contributed by atoms with E-state index in [1.54, 1.807) is 0 Å². The number of imidazole rings is 1. The Morgan fingerprint density at radius 2 is 1.72 bits per heavy atom. The Kier molecular flexibility index (Phi) is 4.48. The van der Waals surface area contributed by atoms with Crippen LogP contribution in [0.4, 0.5) is 0 Å². The lowest BCUT2D eigenvalue weighted by Gasteiger charge is -2.34. The molecule has 1 amide bonds. The molecule has 0 saturated carbocycles. The van der Waals surface area contributed by atoms with E-state index in [1.165, 1.54) is 5.56 Å². The molecule has 2 aromatic heterocycles. The molecule has 128 valence electrons. The van der Waals surface area contributed by atoms with Crippen molar-refractivity contribution in [1.82, 2.24) is 19.2 Å². The molecule has 4 rings (SSSR count). The maximum absolute atomic E-state index is 12.6. The fourth-order valence-electron chi connectivity index (χ4n) is 3.34. The van der Waals surface area contributed by atoms with Gasteiger partial charge < -0.3 is 9.30 Å². The second-order valence-corrected chi connectivity index (χ2v) is 6.52. The smallest absolute Gasteiger partial charge is 0.228 e. The number of hydrogen-bond donors (Lipinski definition) is 0. The molecule has 1 aliphatic rings. The van der Waals surface area contributed by atoms with Crippen LogP contribution in [0.15, 0.2) is 60.9 Å². The first-order valence-corrected chi connectivity index (χ1v) is 8.74. The van der Waals surface area contributed by atoms with E-state index in [1.807, 2.05) is 46.0 Å². The second kappa shape index (κ2) is 7.07. The summed E-state index contributed by atoms with van der Waals surface area (Å²) < 4.78 is 1.96. The Labute approximate surface area is 147 Å². The highest BCUT2D eigenvalue weighted by molar-refractivity contribution is 5.78. The highest BCUT2D eigenvalue weighted by atomic mass is 16.2. The van der Waals surface area contributed by atoms with Crippen molar-refractivity contribution in [3.8, 4) is 0 Å². The predicted molar refractivity (Wildman–Crippen MR) is 97.2 cm³/mol. The van der Waals surface area contributed by atoms with Crippen molar-refractivity contribution in [3.63, 3.8) is 0 Å². The first-order valence-electron chi connectivity index (χ1n) is 8.74. The lowest BCUT2D eigenvalue weighted by atomic mass is 10.2. The zero-order valence-electron chi connectivity index (χ0n) is 14.2. The molecule has 1 fully saturated rings. The molecule has 0 bridgehead atoms. The number of carbonyl (C=O) groups is 1. The fourth-order valence-corrected chi connectivity index (χ4v) is 3.34. The molecule has 0 spiro atoms. The van der Waals surface area contributed by atoms with Crippen molar-refractivity contribution in [2.45, 2.75) is 13.0 Å². The number of rotatable bonds is 4. The highest BCUT2D eigenvalue weighted by Gasteiger charge is 2.21. The summed E-state index contributed by atoms with van der Waals surface area (Å²) in [6.07, 6.45) is 4.28. The Bertz CT molecular complexity index is 817. The number of aromatic nitrogens is 2. The van der Waals surface area contributed by atoms with E-state index in [2.05, 4.69) is 34.1 Å². The maximum atomic E-state index is 12.6. The number of piperazine rings is 1. The second-order valence-electron chi connectivity index (χ2n) is 6.52. The molecule has 25 heavy (non-hydrogen) atoms. The molecule has 0 radical (unpaired) electrons. The number of benzene rings is 1. The first kappa shape index (κ1) is 15.8. The Morgan fingerprint density at radius 3 is 2.48 bits per heavy atom. The lowest BCUT2D eigenvalue weighted by Crippen LogP contribution is -2.48. The van der Waals surface area contributed by atoms with Gasteiger partial charge in [0, 0.05) is 45.1 Å². The van der Waals surface area contributed by atoms with Crippen molar-refractivity contribution in [2.75, 3.05) is 26.2 Å². The van der Waals surface area contributed by atoms with Crippen LogP contribution in [0.25, 0.3) is 5.65 Å². The van der Waals surface area contributed by atoms with Crippen LogP contribution < -0.4 is 0 Å². The van der Waals surface area contributed by atoms with Gasteiger partial charge in [0.25, 0.3) is 0 Å². The zero-order chi connectivity index (χ0) is 17.1. The molecule has 0 N–H and O–H groups in total. The molecule has 3 aromatic rings. The van der Waals surface area contributed by atoms with Crippen LogP contribution in [-0.2, 0) is 17.8 Å². The van der Waals surface area contributed by atoms with E-state index in [9.17, 15) is 4.79 Å². The van der Waals surface area contributed by atoms with Gasteiger partial charge in [-0.2, -0.15) is 0 Å². The number of hydrogen-bond acceptors (Lipinski definition) is 3. The maximum Gasteiger partial charge on any atom is 0.228 e. The lowest BCUT2D eigenvalue weighted by molar-refractivity contribution is -0.132. The summed E-state index contributed by atoms with van der Waals surface area (Å²) in [5, 5.41) is 0. The van der Waals surface area contributed by atoms with Gasteiger partial charge in [-0.15, -0.1) is 0 Å². The zero-order valence-corrected chi connectivity index (χ0v) is 14.2. The summed E-state index contributed by atoms with van der Waals surface area (Å²) in [6.45, 7) is 4.38. The molecular formula is C20H22N4O. The van der Waals surface area contributed by atoms with Crippen molar-refractivity contribution in [2.24, 2.45) is 0 Å². The van der Waals surface area contributed by atoms with Crippen LogP contribution in [0.2, 0.25) is 0 Å². The first-order chi connectivity index (χ1) is 12.3. The number of amides is 1. The third-order valence-corrected chi connectivity index (χ3v) is 4.72. The van der Waals surface area contributed by atoms with Gasteiger partial charge in [0.15, 0.2) is 0 Å². The van der Waals surface area contributed by atoms with Gasteiger partial charge >= 0.3 is 0 Å². The molecule has 3 heterocycles. The standard InChI is InChI=1S/C20H22N4O/c25-20(14-18-16-24-9-5-4-8-19(24)21-18)23-12-10-22(11-13-23)15-17-6-2-1-3-7-17/h1-9,16H,10-15H2. The summed E-state index contributed by atoms with van der Waals surface area (Å²) in [4.78, 5) is 21.5. The minimum atomic E-state index is 0.169. The molecule has 1 aliphatic heterocycles. The van der Waals surface area contributed by atoms with E-state index in [-0.39, 0.29) is 5.91 Å². The fraction of sp³-hybridized carbons (Fsp3) is 0.300. The van der Waals surface area contributed by atoms with Crippen molar-refractivity contribution in [1.29, 1.82) is 0 Å². The molecule has 0 aliphatic carbocycles. The van der Waals surface area contributed by atoms with Gasteiger partial charge in [-0.05, 0) is 17.7 Å². The Morgan fingerprint density at radius 1 is 0.960 bits per heavy atom. The monoisotopic (exact) mass is 334 g/mol. The molecule has 1 saturated heterocycles. The minimum absolute atomic E-state index is 0.169. The van der Waals surface area contributed by atoms with E-state index in [0.717, 1.165) is 44.1 Å². The Balaban J connectivity index is 1.32. The van der Waals surface area contributed by atoms with Crippen molar-refractivity contribution >= 4 is 11.6 Å². The van der Waals surface area contributed by atoms with Gasteiger partial charge in [0.1, 0.15) is 5.65 Å². The summed E-state index contributed by atoms with van der Waals surface area (Å²) >= 11 is 0. The molecule has 1 aromatic carbocycles. The van der Waals surface area contributed by atoms with E-state index < -0.39 is 0 Å². The van der Waals surface area contributed by atoms with Crippen LogP contribution in [0, 0.1) is 0 Å². The van der Waals surface area contributed by atoms with Crippen LogP contribution in [-0.4, -0.2) is 51.3 Å². The predicted octanol–water partition coefficient (Wildman–Crippen LogP) is 2.22. The molecular weight excluding hydrogens is 312 g/mol. The van der Waals surface area contributed by atoms with Gasteiger partial charge in [0.05, 0.1) is 12.1 Å². The average molecular weight is 334 g/mol. The Hall–Kier alpha value is -2.66. The number of pyridine rings is 1. The highest BCUT2D eigenvalue weighted by Crippen LogP contribution is 2.11. The van der Waals surface area contributed by atoms with E-state index in [0.29, 0.717) is 6.42 Å². The number of carbonyl (C=O) groups excluding carboxylic acids is 1. The number of fused-ring (bicyclic) bond motifs is 1. The third-order valence-electron chi connectivity index (χ3n) is 4.72. The van der Waals surface area contributed by atoms with Crippen LogP contribution in [0.1, 0.15) is 11.3 Å². The van der Waals surface area contributed by atoms with Crippen molar-refractivity contribution < 1.29 is 4.79 Å². The van der Waals surface area contributed by atoms with Gasteiger partial charge in [-0.3, -0.25) is 9.69 Å². The van der Waals surface area contributed by atoms with E-state index in [4.69, 9.17) is 0 Å². The van der Waals surface area contributed by atoms with Gasteiger partial charge in [-0.25, -0.2) is 4.98 Å². The van der Waals surface area contributed by atoms with Crippen molar-refractivity contribution in [3.05, 3.63) is 72.2 Å². The summed E-state index contributed by atoms with van der Waals surface area (Å²) in [7, 11) is 0. The molecule has 0 atom stereocenters. The molecule has 5 heteroatoms. The SMILES string of the molecule is O=C(Cc1cn2ccccc2n1)N1CCN(Cc2ccccc2)CC1. The van der Waals surface area contributed by atoms with E-state index >= 15 is 0 Å². The molecule has 5 nitrogen and oxygen atoms in total. The number of nitrogens with zero attached hydrogens (tertiary/aromatic N) is 4. The van der Waals surface area contributed by atoms with Crippen LogP contribution >= 0.6 is 0 Å². The molecule has 0 unspecified atom stereocenters. The minimum Gasteiger partial charge on any atom is -0.340 e. The average Bonchev–Trinajstić information content (AvgIpc) is 3.05. The largest absolute Gasteiger partial charge is 0.340 e. The van der Waals surface area contributed by atoms with Crippen LogP contribution in [0.5, 0.6) is 0 Å². The summed E-state index contributed by atoms with van der Waals surface area (Å²) in [5.74, 6) is 0.169. The van der Waals surface area contributed by atoms with Crippen LogP contribution in [0.3, 0.4) is 0 Å². The third kappa shape index (κ3) is 3.72. The van der Waals surface area contributed by atoms with Gasteiger partial charge in [-0.1, -0.05) is 36.4 Å². The normalized spacial score (nSPS) is 15.6. The quantitative estimate of drug-likeness (QED) is 0.735. The van der Waals surface area contributed by atoms with Gasteiger partial charge in [0.2, 0.25) is 5.91 Å². The topological polar surface area (TPSA) is 40.9 Å².